The molecular weight excluding hydrogens is 368 g/mol. The Labute approximate surface area is 172 Å². The molecule has 1 fully saturated rings. The van der Waals surface area contributed by atoms with Crippen molar-refractivity contribution in [3.05, 3.63) is 35.4 Å². The third kappa shape index (κ3) is 3.91. The molecular formula is C22H30N4O3. The molecule has 2 aromatic heterocycles. The van der Waals surface area contributed by atoms with E-state index < -0.39 is 5.41 Å². The lowest BCUT2D eigenvalue weighted by Gasteiger charge is -2.39. The Kier molecular flexibility index (Phi) is 6.05. The van der Waals surface area contributed by atoms with Crippen LogP contribution in [0.25, 0.3) is 11.1 Å². The van der Waals surface area contributed by atoms with Crippen molar-refractivity contribution in [2.45, 2.75) is 47.0 Å². The summed E-state index contributed by atoms with van der Waals surface area (Å²) in [4.78, 5) is 31.7. The SMILES string of the molecule is CCOC(=O)C1(CC)CCN(C(=O)c2cc(-c3cnn(C)c3C)c(C)cn2)CC1. The Hall–Kier alpha value is -2.70. The lowest BCUT2D eigenvalue weighted by molar-refractivity contribution is -0.158. The number of aryl methyl sites for hydroxylation is 2. The molecule has 2 aromatic rings. The van der Waals surface area contributed by atoms with E-state index in [1.54, 1.807) is 11.1 Å². The fourth-order valence-electron chi connectivity index (χ4n) is 3.98. The molecule has 7 nitrogen and oxygen atoms in total. The van der Waals surface area contributed by atoms with Crippen LogP contribution >= 0.6 is 0 Å². The van der Waals surface area contributed by atoms with Gasteiger partial charge in [-0.05, 0) is 57.2 Å². The normalized spacial score (nSPS) is 16.0. The van der Waals surface area contributed by atoms with Crippen molar-refractivity contribution in [3.8, 4) is 11.1 Å². The number of rotatable bonds is 5. The van der Waals surface area contributed by atoms with Gasteiger partial charge in [-0.2, -0.15) is 5.10 Å². The molecule has 0 aromatic carbocycles. The number of esters is 1. The van der Waals surface area contributed by atoms with Crippen LogP contribution in [0.4, 0.5) is 0 Å². The second-order valence-electron chi connectivity index (χ2n) is 7.80. The summed E-state index contributed by atoms with van der Waals surface area (Å²) in [6.45, 7) is 9.27. The molecule has 1 aliphatic rings. The lowest BCUT2D eigenvalue weighted by atomic mass is 9.76. The van der Waals surface area contributed by atoms with E-state index in [0.717, 1.165) is 28.8 Å². The summed E-state index contributed by atoms with van der Waals surface area (Å²) in [6, 6.07) is 1.86. The van der Waals surface area contributed by atoms with E-state index in [-0.39, 0.29) is 11.9 Å². The highest BCUT2D eigenvalue weighted by atomic mass is 16.5. The predicted octanol–water partition coefficient (Wildman–Crippen LogP) is 3.29. The van der Waals surface area contributed by atoms with Gasteiger partial charge in [-0.25, -0.2) is 0 Å². The standard InChI is InChI=1S/C22H30N4O3/c1-6-22(21(28)29-7-2)8-10-26(11-9-22)20(27)19-12-17(15(3)13-23-19)18-14-24-25(5)16(18)4/h12-14H,6-11H2,1-5H3. The Morgan fingerprint density at radius 2 is 1.83 bits per heavy atom. The van der Waals surface area contributed by atoms with Crippen molar-refractivity contribution >= 4 is 11.9 Å². The van der Waals surface area contributed by atoms with Gasteiger partial charge in [-0.15, -0.1) is 0 Å². The van der Waals surface area contributed by atoms with Crippen molar-refractivity contribution in [3.63, 3.8) is 0 Å². The summed E-state index contributed by atoms with van der Waals surface area (Å²) >= 11 is 0. The average Bonchev–Trinajstić information content (AvgIpc) is 3.06. The van der Waals surface area contributed by atoms with Gasteiger partial charge < -0.3 is 9.64 Å². The zero-order valence-electron chi connectivity index (χ0n) is 18.0. The number of amides is 1. The van der Waals surface area contributed by atoms with Gasteiger partial charge in [0, 0.05) is 37.6 Å². The van der Waals surface area contributed by atoms with Crippen molar-refractivity contribution in [1.82, 2.24) is 19.7 Å². The van der Waals surface area contributed by atoms with E-state index in [2.05, 4.69) is 10.1 Å². The number of ether oxygens (including phenoxy) is 1. The molecule has 0 saturated carbocycles. The van der Waals surface area contributed by atoms with E-state index >= 15 is 0 Å². The molecule has 7 heteroatoms. The van der Waals surface area contributed by atoms with Gasteiger partial charge in [0.15, 0.2) is 0 Å². The first kappa shape index (κ1) is 21.0. The monoisotopic (exact) mass is 398 g/mol. The maximum Gasteiger partial charge on any atom is 0.312 e. The van der Waals surface area contributed by atoms with Gasteiger partial charge in [0.25, 0.3) is 5.91 Å². The van der Waals surface area contributed by atoms with Gasteiger partial charge >= 0.3 is 5.97 Å². The second kappa shape index (κ2) is 8.35. The minimum Gasteiger partial charge on any atom is -0.466 e. The van der Waals surface area contributed by atoms with E-state index in [1.165, 1.54) is 0 Å². The smallest absolute Gasteiger partial charge is 0.312 e. The van der Waals surface area contributed by atoms with Crippen LogP contribution in [0.5, 0.6) is 0 Å². The highest BCUT2D eigenvalue weighted by molar-refractivity contribution is 5.94. The third-order valence-corrected chi connectivity index (χ3v) is 6.24. The molecule has 1 saturated heterocycles. The van der Waals surface area contributed by atoms with Crippen LogP contribution in [0.3, 0.4) is 0 Å². The predicted molar refractivity (Wildman–Crippen MR) is 110 cm³/mol. The van der Waals surface area contributed by atoms with Crippen molar-refractivity contribution in [2.24, 2.45) is 12.5 Å². The summed E-state index contributed by atoms with van der Waals surface area (Å²) in [6.07, 6.45) is 5.53. The molecule has 0 aliphatic carbocycles. The Morgan fingerprint density at radius 1 is 1.14 bits per heavy atom. The largest absolute Gasteiger partial charge is 0.466 e. The molecule has 0 radical (unpaired) electrons. The van der Waals surface area contributed by atoms with E-state index in [0.29, 0.717) is 38.2 Å². The second-order valence-corrected chi connectivity index (χ2v) is 7.80. The summed E-state index contributed by atoms with van der Waals surface area (Å²) < 4.78 is 7.10. The molecule has 3 heterocycles. The summed E-state index contributed by atoms with van der Waals surface area (Å²) in [5.74, 6) is -0.237. The maximum absolute atomic E-state index is 13.1. The van der Waals surface area contributed by atoms with Crippen molar-refractivity contribution < 1.29 is 14.3 Å². The Balaban J connectivity index is 1.79. The van der Waals surface area contributed by atoms with Crippen LogP contribution in [0.1, 0.15) is 54.9 Å². The molecule has 1 amide bonds. The molecule has 0 atom stereocenters. The van der Waals surface area contributed by atoms with Gasteiger partial charge in [-0.3, -0.25) is 19.3 Å². The van der Waals surface area contributed by atoms with Crippen molar-refractivity contribution in [1.29, 1.82) is 0 Å². The summed E-state index contributed by atoms with van der Waals surface area (Å²) in [5, 5.41) is 4.31. The minimum atomic E-state index is -0.481. The number of aromatic nitrogens is 3. The van der Waals surface area contributed by atoms with Crippen LogP contribution in [-0.2, 0) is 16.6 Å². The van der Waals surface area contributed by atoms with Gasteiger partial charge in [-0.1, -0.05) is 6.92 Å². The number of likely N-dealkylation sites (tertiary alicyclic amines) is 1. The summed E-state index contributed by atoms with van der Waals surface area (Å²) in [5.41, 5.74) is 3.97. The maximum atomic E-state index is 13.1. The number of piperidine rings is 1. The number of pyridine rings is 1. The number of carbonyl (C=O) groups is 2. The van der Waals surface area contributed by atoms with Crippen LogP contribution in [-0.4, -0.2) is 51.2 Å². The van der Waals surface area contributed by atoms with Gasteiger partial charge in [0.1, 0.15) is 5.69 Å². The molecule has 0 spiro atoms. The summed E-state index contributed by atoms with van der Waals surface area (Å²) in [7, 11) is 1.90. The molecule has 0 bridgehead atoms. The lowest BCUT2D eigenvalue weighted by Crippen LogP contribution is -2.47. The fraction of sp³-hybridized carbons (Fsp3) is 0.545. The molecule has 156 valence electrons. The van der Waals surface area contributed by atoms with Crippen LogP contribution < -0.4 is 0 Å². The number of nitrogens with zero attached hydrogens (tertiary/aromatic N) is 4. The van der Waals surface area contributed by atoms with Crippen LogP contribution in [0.2, 0.25) is 0 Å². The number of hydrogen-bond acceptors (Lipinski definition) is 5. The topological polar surface area (TPSA) is 77.3 Å². The molecule has 3 rings (SSSR count). The first-order chi connectivity index (χ1) is 13.8. The first-order valence-electron chi connectivity index (χ1n) is 10.2. The number of hydrogen-bond donors (Lipinski definition) is 0. The minimum absolute atomic E-state index is 0.0960. The van der Waals surface area contributed by atoms with E-state index in [1.807, 2.05) is 51.7 Å². The van der Waals surface area contributed by atoms with E-state index in [4.69, 9.17) is 4.74 Å². The highest BCUT2D eigenvalue weighted by Crippen LogP contribution is 2.37. The molecule has 0 N–H and O–H groups in total. The zero-order valence-corrected chi connectivity index (χ0v) is 18.0. The van der Waals surface area contributed by atoms with Crippen LogP contribution in [0, 0.1) is 19.3 Å². The molecule has 29 heavy (non-hydrogen) atoms. The molecule has 1 aliphatic heterocycles. The number of carbonyl (C=O) groups excluding carboxylic acids is 2. The highest BCUT2D eigenvalue weighted by Gasteiger charge is 2.42. The van der Waals surface area contributed by atoms with Gasteiger partial charge in [0.2, 0.25) is 0 Å². The Morgan fingerprint density at radius 3 is 2.38 bits per heavy atom. The fourth-order valence-corrected chi connectivity index (χ4v) is 3.98. The Bertz CT molecular complexity index is 911. The van der Waals surface area contributed by atoms with Crippen molar-refractivity contribution in [2.75, 3.05) is 19.7 Å². The first-order valence-corrected chi connectivity index (χ1v) is 10.2. The van der Waals surface area contributed by atoms with Crippen LogP contribution in [0.15, 0.2) is 18.5 Å². The average molecular weight is 399 g/mol. The van der Waals surface area contributed by atoms with Gasteiger partial charge in [0.05, 0.1) is 18.2 Å². The molecule has 0 unspecified atom stereocenters. The quantitative estimate of drug-likeness (QED) is 0.722. The van der Waals surface area contributed by atoms with E-state index in [9.17, 15) is 9.59 Å². The third-order valence-electron chi connectivity index (χ3n) is 6.24. The zero-order chi connectivity index (χ0) is 21.2.